The van der Waals surface area contributed by atoms with Crippen molar-refractivity contribution in [2.24, 2.45) is 0 Å². The van der Waals surface area contributed by atoms with E-state index in [4.69, 9.17) is 9.47 Å². The van der Waals surface area contributed by atoms with E-state index < -0.39 is 11.8 Å². The minimum Gasteiger partial charge on any atom is -0.494 e. The summed E-state index contributed by atoms with van der Waals surface area (Å²) in [5.74, 6) is -1.43. The third-order valence-corrected chi connectivity index (χ3v) is 4.55. The average molecular weight is 385 g/mol. The first-order chi connectivity index (χ1) is 13.4. The summed E-state index contributed by atoms with van der Waals surface area (Å²) in [6.45, 7) is 4.02. The molecule has 0 saturated heterocycles. The maximum Gasteiger partial charge on any atom is 0.307 e. The van der Waals surface area contributed by atoms with Crippen LogP contribution < -0.4 is 9.47 Å². The molecule has 0 aliphatic heterocycles. The van der Waals surface area contributed by atoms with Crippen LogP contribution in [-0.2, 0) is 11.2 Å². The van der Waals surface area contributed by atoms with Crippen molar-refractivity contribution in [1.82, 2.24) is 4.57 Å². The lowest BCUT2D eigenvalue weighted by atomic mass is 10.1. The molecular formula is C21H20FNO5. The summed E-state index contributed by atoms with van der Waals surface area (Å²) in [5, 5.41) is 9.73. The fraction of sp³-hybridized carbons (Fsp3) is 0.238. The Labute approximate surface area is 161 Å². The summed E-state index contributed by atoms with van der Waals surface area (Å²) in [6.07, 6.45) is -0.291. The van der Waals surface area contributed by atoms with Gasteiger partial charge in [0.25, 0.3) is 5.91 Å². The first kappa shape index (κ1) is 19.4. The Hall–Kier alpha value is -3.35. The van der Waals surface area contributed by atoms with Gasteiger partial charge in [-0.15, -0.1) is 0 Å². The van der Waals surface area contributed by atoms with Crippen molar-refractivity contribution in [3.8, 4) is 11.5 Å². The fourth-order valence-corrected chi connectivity index (χ4v) is 3.26. The highest BCUT2D eigenvalue weighted by Gasteiger charge is 2.23. The zero-order valence-corrected chi connectivity index (χ0v) is 15.8. The highest BCUT2D eigenvalue weighted by atomic mass is 19.1. The Morgan fingerprint density at radius 2 is 1.86 bits per heavy atom. The molecule has 3 aromatic rings. The number of aliphatic carboxylic acids is 1. The first-order valence-electron chi connectivity index (χ1n) is 8.74. The maximum absolute atomic E-state index is 14.3. The van der Waals surface area contributed by atoms with E-state index in [2.05, 4.69) is 0 Å². The zero-order valence-electron chi connectivity index (χ0n) is 15.8. The number of carbonyl (C=O) groups is 2. The largest absolute Gasteiger partial charge is 0.494 e. The van der Waals surface area contributed by atoms with Crippen molar-refractivity contribution in [3.05, 3.63) is 59.0 Å². The van der Waals surface area contributed by atoms with Crippen molar-refractivity contribution in [3.63, 3.8) is 0 Å². The van der Waals surface area contributed by atoms with Crippen LogP contribution in [0.15, 0.2) is 36.4 Å². The number of hydrogen-bond acceptors (Lipinski definition) is 4. The quantitative estimate of drug-likeness (QED) is 0.698. The molecule has 1 aromatic heterocycles. The van der Waals surface area contributed by atoms with Gasteiger partial charge >= 0.3 is 5.97 Å². The summed E-state index contributed by atoms with van der Waals surface area (Å²) in [5.41, 5.74) is 1.57. The molecule has 0 atom stereocenters. The number of nitrogens with zero attached hydrogens (tertiary/aromatic N) is 1. The molecule has 0 saturated carbocycles. The Kier molecular flexibility index (Phi) is 5.35. The Bertz CT molecular complexity index is 1050. The lowest BCUT2D eigenvalue weighted by Gasteiger charge is -2.09. The molecule has 1 heterocycles. The molecule has 2 aromatic carbocycles. The van der Waals surface area contributed by atoms with Gasteiger partial charge in [0, 0.05) is 22.7 Å². The first-order valence-corrected chi connectivity index (χ1v) is 8.74. The second-order valence-corrected chi connectivity index (χ2v) is 6.24. The lowest BCUT2D eigenvalue weighted by molar-refractivity contribution is -0.136. The number of fused-ring (bicyclic) bond motifs is 1. The molecule has 0 unspecified atom stereocenters. The predicted molar refractivity (Wildman–Crippen MR) is 102 cm³/mol. The van der Waals surface area contributed by atoms with Gasteiger partial charge in [-0.3, -0.25) is 14.2 Å². The molecule has 0 aliphatic rings. The summed E-state index contributed by atoms with van der Waals surface area (Å²) < 4.78 is 26.1. The van der Waals surface area contributed by atoms with Crippen LogP contribution in [0, 0.1) is 12.7 Å². The molecule has 0 amide bonds. The summed E-state index contributed by atoms with van der Waals surface area (Å²) in [6, 6.07) is 9.22. The molecule has 3 rings (SSSR count). The number of ether oxygens (including phenoxy) is 2. The van der Waals surface area contributed by atoms with Gasteiger partial charge in [0.05, 0.1) is 25.7 Å². The van der Waals surface area contributed by atoms with E-state index >= 15 is 0 Å². The van der Waals surface area contributed by atoms with Gasteiger partial charge in [-0.2, -0.15) is 0 Å². The van der Waals surface area contributed by atoms with Crippen LogP contribution in [0.3, 0.4) is 0 Å². The highest BCUT2D eigenvalue weighted by molar-refractivity contribution is 6.05. The van der Waals surface area contributed by atoms with Crippen LogP contribution in [0.5, 0.6) is 11.5 Å². The molecule has 1 N–H and O–H groups in total. The van der Waals surface area contributed by atoms with E-state index in [1.54, 1.807) is 31.2 Å². The van der Waals surface area contributed by atoms with Gasteiger partial charge in [-0.1, -0.05) is 0 Å². The highest BCUT2D eigenvalue weighted by Crippen LogP contribution is 2.32. The van der Waals surface area contributed by atoms with Crippen LogP contribution in [0.2, 0.25) is 0 Å². The topological polar surface area (TPSA) is 77.8 Å². The standard InChI is InChI=1S/C21H20FNO5/c1-4-28-14-7-5-13(6-8-14)21(26)23-12(2)15(10-20(24)25)16-9-19(27-3)17(22)11-18(16)23/h5-9,11H,4,10H2,1-3H3,(H,24,25). The minimum absolute atomic E-state index is 0.00944. The molecule has 6 nitrogen and oxygen atoms in total. The number of carbonyl (C=O) groups excluding carboxylic acids is 1. The van der Waals surface area contributed by atoms with Crippen molar-refractivity contribution < 1.29 is 28.6 Å². The number of hydrogen-bond donors (Lipinski definition) is 1. The Morgan fingerprint density at radius 3 is 2.43 bits per heavy atom. The van der Waals surface area contributed by atoms with Gasteiger partial charge in [0.1, 0.15) is 5.75 Å². The normalized spacial score (nSPS) is 10.9. The number of carboxylic acids is 1. The van der Waals surface area contributed by atoms with Crippen LogP contribution in [-0.4, -0.2) is 35.3 Å². The Balaban J connectivity index is 2.18. The number of carboxylic acid groups (broad SMARTS) is 1. The van der Waals surface area contributed by atoms with E-state index in [1.807, 2.05) is 6.92 Å². The molecule has 0 aliphatic carbocycles. The summed E-state index contributed by atoms with van der Waals surface area (Å²) in [7, 11) is 1.33. The average Bonchev–Trinajstić information content (AvgIpc) is 2.91. The van der Waals surface area contributed by atoms with Crippen molar-refractivity contribution in [2.45, 2.75) is 20.3 Å². The molecule has 0 radical (unpaired) electrons. The van der Waals surface area contributed by atoms with E-state index in [1.165, 1.54) is 23.8 Å². The van der Waals surface area contributed by atoms with E-state index in [0.717, 1.165) is 0 Å². The second kappa shape index (κ2) is 7.72. The molecule has 0 bridgehead atoms. The number of rotatable bonds is 6. The van der Waals surface area contributed by atoms with Crippen LogP contribution >= 0.6 is 0 Å². The number of halogens is 1. The van der Waals surface area contributed by atoms with Gasteiger partial charge in [-0.25, -0.2) is 4.39 Å². The monoisotopic (exact) mass is 385 g/mol. The fourth-order valence-electron chi connectivity index (χ4n) is 3.26. The third-order valence-electron chi connectivity index (χ3n) is 4.55. The number of aromatic nitrogens is 1. The molecular weight excluding hydrogens is 365 g/mol. The van der Waals surface area contributed by atoms with Gasteiger partial charge in [-0.05, 0) is 49.7 Å². The smallest absolute Gasteiger partial charge is 0.307 e. The lowest BCUT2D eigenvalue weighted by Crippen LogP contribution is -2.14. The number of methoxy groups -OCH3 is 1. The van der Waals surface area contributed by atoms with Crippen molar-refractivity contribution in [1.29, 1.82) is 0 Å². The van der Waals surface area contributed by atoms with Gasteiger partial charge < -0.3 is 14.6 Å². The number of benzene rings is 2. The van der Waals surface area contributed by atoms with E-state index in [-0.39, 0.29) is 18.1 Å². The Morgan fingerprint density at radius 1 is 1.18 bits per heavy atom. The SMILES string of the molecule is CCOc1ccc(C(=O)n2c(C)c(CC(=O)O)c3cc(OC)c(F)cc32)cc1. The molecule has 0 spiro atoms. The van der Waals surface area contributed by atoms with Crippen molar-refractivity contribution in [2.75, 3.05) is 13.7 Å². The molecule has 146 valence electrons. The van der Waals surface area contributed by atoms with Crippen LogP contribution in [0.4, 0.5) is 4.39 Å². The summed E-state index contributed by atoms with van der Waals surface area (Å²) in [4.78, 5) is 24.5. The third kappa shape index (κ3) is 3.43. The minimum atomic E-state index is -1.04. The summed E-state index contributed by atoms with van der Waals surface area (Å²) >= 11 is 0. The molecule has 7 heteroatoms. The predicted octanol–water partition coefficient (Wildman–Crippen LogP) is 3.81. The maximum atomic E-state index is 14.3. The van der Waals surface area contributed by atoms with Crippen LogP contribution in [0.25, 0.3) is 10.9 Å². The van der Waals surface area contributed by atoms with Crippen LogP contribution in [0.1, 0.15) is 28.5 Å². The van der Waals surface area contributed by atoms with E-state index in [0.29, 0.717) is 40.1 Å². The zero-order chi connectivity index (χ0) is 20.4. The van der Waals surface area contributed by atoms with Gasteiger partial charge in [0.15, 0.2) is 11.6 Å². The van der Waals surface area contributed by atoms with Crippen molar-refractivity contribution >= 4 is 22.8 Å². The van der Waals surface area contributed by atoms with E-state index in [9.17, 15) is 19.1 Å². The second-order valence-electron chi connectivity index (χ2n) is 6.24. The van der Waals surface area contributed by atoms with Gasteiger partial charge in [0.2, 0.25) is 0 Å². The molecule has 0 fully saturated rings. The molecule has 28 heavy (non-hydrogen) atoms.